The van der Waals surface area contributed by atoms with E-state index in [0.29, 0.717) is 11.4 Å². The first-order valence-electron chi connectivity index (χ1n) is 5.16. The van der Waals surface area contributed by atoms with E-state index in [1.54, 1.807) is 24.5 Å². The van der Waals surface area contributed by atoms with Crippen molar-refractivity contribution in [3.63, 3.8) is 0 Å². The van der Waals surface area contributed by atoms with Crippen LogP contribution in [-0.2, 0) is 0 Å². The second-order valence-corrected chi connectivity index (χ2v) is 3.63. The zero-order valence-corrected chi connectivity index (χ0v) is 9.61. The monoisotopic (exact) mass is 231 g/mol. The Bertz CT molecular complexity index is 500. The summed E-state index contributed by atoms with van der Waals surface area (Å²) < 4.78 is 0. The van der Waals surface area contributed by atoms with E-state index in [1.165, 1.54) is 0 Å². The van der Waals surface area contributed by atoms with Crippen molar-refractivity contribution in [3.8, 4) is 0 Å². The van der Waals surface area contributed by atoms with E-state index < -0.39 is 0 Å². The predicted molar refractivity (Wildman–Crippen MR) is 64.9 cm³/mol. The van der Waals surface area contributed by atoms with E-state index in [0.717, 1.165) is 11.4 Å². The molecule has 0 aromatic carbocycles. The smallest absolute Gasteiger partial charge is 0.306 e. The molecule has 0 saturated carbocycles. The number of H-pyrrole nitrogens is 1. The SMILES string of the molecule is Cc1n[nH]c(C)c1NC(=O)Nc1cccnc1. The van der Waals surface area contributed by atoms with Gasteiger partial charge in [-0.1, -0.05) is 0 Å². The number of hydrogen-bond donors (Lipinski definition) is 3. The molecule has 2 amide bonds. The van der Waals surface area contributed by atoms with Gasteiger partial charge in [0.2, 0.25) is 0 Å². The number of aromatic amines is 1. The third-order valence-corrected chi connectivity index (χ3v) is 2.29. The lowest BCUT2D eigenvalue weighted by molar-refractivity contribution is 0.262. The van der Waals surface area contributed by atoms with Crippen molar-refractivity contribution >= 4 is 17.4 Å². The second-order valence-electron chi connectivity index (χ2n) is 3.63. The summed E-state index contributed by atoms with van der Waals surface area (Å²) >= 11 is 0. The molecule has 3 N–H and O–H groups in total. The van der Waals surface area contributed by atoms with E-state index in [2.05, 4.69) is 25.8 Å². The summed E-state index contributed by atoms with van der Waals surface area (Å²) in [4.78, 5) is 15.6. The predicted octanol–water partition coefficient (Wildman–Crippen LogP) is 2.07. The van der Waals surface area contributed by atoms with Crippen LogP contribution in [0.1, 0.15) is 11.4 Å². The van der Waals surface area contributed by atoms with Crippen LogP contribution in [0.4, 0.5) is 16.2 Å². The van der Waals surface area contributed by atoms with Gasteiger partial charge in [-0.05, 0) is 26.0 Å². The van der Waals surface area contributed by atoms with Gasteiger partial charge in [0.25, 0.3) is 0 Å². The summed E-state index contributed by atoms with van der Waals surface area (Å²) in [6.07, 6.45) is 3.22. The van der Waals surface area contributed by atoms with Crippen molar-refractivity contribution in [2.24, 2.45) is 0 Å². The van der Waals surface area contributed by atoms with Crippen LogP contribution in [0.3, 0.4) is 0 Å². The highest BCUT2D eigenvalue weighted by Gasteiger charge is 2.09. The first-order valence-corrected chi connectivity index (χ1v) is 5.16. The van der Waals surface area contributed by atoms with E-state index in [1.807, 2.05) is 13.8 Å². The summed E-state index contributed by atoms with van der Waals surface area (Å²) in [5.74, 6) is 0. The first-order chi connectivity index (χ1) is 8.16. The van der Waals surface area contributed by atoms with Crippen LogP contribution in [0.25, 0.3) is 0 Å². The van der Waals surface area contributed by atoms with E-state index in [9.17, 15) is 4.79 Å². The molecule has 2 rings (SSSR count). The summed E-state index contributed by atoms with van der Waals surface area (Å²) in [6.45, 7) is 3.67. The molecule has 2 aromatic heterocycles. The number of carbonyl (C=O) groups is 1. The second kappa shape index (κ2) is 4.65. The third-order valence-electron chi connectivity index (χ3n) is 2.29. The van der Waals surface area contributed by atoms with Crippen molar-refractivity contribution in [3.05, 3.63) is 35.9 Å². The molecule has 6 nitrogen and oxygen atoms in total. The number of aromatic nitrogens is 3. The molecular weight excluding hydrogens is 218 g/mol. The van der Waals surface area contributed by atoms with Crippen LogP contribution in [0.15, 0.2) is 24.5 Å². The minimum atomic E-state index is -0.314. The van der Waals surface area contributed by atoms with Crippen LogP contribution in [0.5, 0.6) is 0 Å². The fourth-order valence-corrected chi connectivity index (χ4v) is 1.45. The molecule has 0 atom stereocenters. The molecule has 2 aromatic rings. The van der Waals surface area contributed by atoms with Crippen molar-refractivity contribution < 1.29 is 4.79 Å². The lowest BCUT2D eigenvalue weighted by Crippen LogP contribution is -2.20. The zero-order chi connectivity index (χ0) is 12.3. The number of pyridine rings is 1. The van der Waals surface area contributed by atoms with Crippen LogP contribution in [0.2, 0.25) is 0 Å². The standard InChI is InChI=1S/C11H13N5O/c1-7-10(8(2)16-15-7)14-11(17)13-9-4-3-5-12-6-9/h3-6H,1-2H3,(H,15,16)(H2,13,14,17). The molecular formula is C11H13N5O. The number of carbonyl (C=O) groups excluding carboxylic acids is 1. The van der Waals surface area contributed by atoms with E-state index >= 15 is 0 Å². The first kappa shape index (κ1) is 11.1. The van der Waals surface area contributed by atoms with Crippen LogP contribution < -0.4 is 10.6 Å². The van der Waals surface area contributed by atoms with Crippen molar-refractivity contribution in [1.29, 1.82) is 0 Å². The molecule has 0 bridgehead atoms. The van der Waals surface area contributed by atoms with Gasteiger partial charge in [0.1, 0.15) is 0 Å². The number of nitrogens with zero attached hydrogens (tertiary/aromatic N) is 2. The Morgan fingerprint density at radius 2 is 2.18 bits per heavy atom. The van der Waals surface area contributed by atoms with Gasteiger partial charge < -0.3 is 10.6 Å². The molecule has 6 heteroatoms. The van der Waals surface area contributed by atoms with Gasteiger partial charge in [0.15, 0.2) is 0 Å². The van der Waals surface area contributed by atoms with E-state index in [-0.39, 0.29) is 6.03 Å². The molecule has 0 aliphatic carbocycles. The van der Waals surface area contributed by atoms with Gasteiger partial charge in [0, 0.05) is 6.20 Å². The zero-order valence-electron chi connectivity index (χ0n) is 9.61. The molecule has 0 saturated heterocycles. The van der Waals surface area contributed by atoms with Gasteiger partial charge in [-0.15, -0.1) is 0 Å². The molecule has 0 aliphatic rings. The fourth-order valence-electron chi connectivity index (χ4n) is 1.45. The normalized spacial score (nSPS) is 10.0. The molecule has 0 spiro atoms. The van der Waals surface area contributed by atoms with Crippen LogP contribution in [0, 0.1) is 13.8 Å². The maximum atomic E-state index is 11.7. The number of aryl methyl sites for hydroxylation is 2. The number of hydrogen-bond acceptors (Lipinski definition) is 3. The molecule has 0 fully saturated rings. The molecule has 0 radical (unpaired) electrons. The van der Waals surface area contributed by atoms with Gasteiger partial charge in [-0.3, -0.25) is 10.1 Å². The summed E-state index contributed by atoms with van der Waals surface area (Å²) in [7, 11) is 0. The fraction of sp³-hybridized carbons (Fsp3) is 0.182. The Labute approximate surface area is 98.5 Å². The largest absolute Gasteiger partial charge is 0.323 e. The Kier molecular flexibility index (Phi) is 3.04. The highest BCUT2D eigenvalue weighted by Crippen LogP contribution is 2.16. The summed E-state index contributed by atoms with van der Waals surface area (Å²) in [5.41, 5.74) is 2.92. The van der Waals surface area contributed by atoms with Crippen LogP contribution >= 0.6 is 0 Å². The maximum Gasteiger partial charge on any atom is 0.323 e. The van der Waals surface area contributed by atoms with Crippen molar-refractivity contribution in [1.82, 2.24) is 15.2 Å². The molecule has 17 heavy (non-hydrogen) atoms. The average molecular weight is 231 g/mol. The number of rotatable bonds is 2. The third kappa shape index (κ3) is 2.60. The number of anilines is 2. The Balaban J connectivity index is 2.03. The summed E-state index contributed by atoms with van der Waals surface area (Å²) in [6, 6.07) is 3.21. The number of amides is 2. The van der Waals surface area contributed by atoms with Gasteiger partial charge in [0.05, 0.1) is 29.0 Å². The molecule has 88 valence electrons. The summed E-state index contributed by atoms with van der Waals surface area (Å²) in [5, 5.41) is 12.2. The molecule has 2 heterocycles. The van der Waals surface area contributed by atoms with Gasteiger partial charge in [-0.25, -0.2) is 4.79 Å². The maximum absolute atomic E-state index is 11.7. The quantitative estimate of drug-likeness (QED) is 0.739. The Hall–Kier alpha value is -2.37. The molecule has 0 aliphatic heterocycles. The topological polar surface area (TPSA) is 82.7 Å². The Morgan fingerprint density at radius 1 is 1.35 bits per heavy atom. The van der Waals surface area contributed by atoms with Crippen molar-refractivity contribution in [2.75, 3.05) is 10.6 Å². The molecule has 0 unspecified atom stereocenters. The van der Waals surface area contributed by atoms with Gasteiger partial charge >= 0.3 is 6.03 Å². The number of urea groups is 1. The highest BCUT2D eigenvalue weighted by molar-refractivity contribution is 6.00. The minimum absolute atomic E-state index is 0.314. The average Bonchev–Trinajstić information content (AvgIpc) is 2.62. The Morgan fingerprint density at radius 3 is 2.76 bits per heavy atom. The van der Waals surface area contributed by atoms with Crippen LogP contribution in [-0.4, -0.2) is 21.2 Å². The lowest BCUT2D eigenvalue weighted by atomic mass is 10.3. The van der Waals surface area contributed by atoms with E-state index in [4.69, 9.17) is 0 Å². The number of nitrogens with one attached hydrogen (secondary N) is 3. The van der Waals surface area contributed by atoms with Crippen molar-refractivity contribution in [2.45, 2.75) is 13.8 Å². The highest BCUT2D eigenvalue weighted by atomic mass is 16.2. The lowest BCUT2D eigenvalue weighted by Gasteiger charge is -2.06. The minimum Gasteiger partial charge on any atom is -0.306 e. The van der Waals surface area contributed by atoms with Gasteiger partial charge in [-0.2, -0.15) is 5.10 Å².